The second kappa shape index (κ2) is 20.3. The molecule has 5 aromatic rings. The molecule has 2 amide bonds. The fraction of sp³-hybridized carbons (Fsp3) is 0.333. The highest BCUT2D eigenvalue weighted by Crippen LogP contribution is 2.43. The lowest BCUT2D eigenvalue weighted by Crippen LogP contribution is -2.71. The third-order valence-corrected chi connectivity index (χ3v) is 12.9. The molecule has 2 atom stereocenters. The Morgan fingerprint density at radius 3 is 2.05 bits per heavy atom. The molecule has 0 spiro atoms. The molecular weight excluding hydrogens is 837 g/mol. The fourth-order valence-corrected chi connectivity index (χ4v) is 9.61. The highest BCUT2D eigenvalue weighted by atomic mass is 32.2. The van der Waals surface area contributed by atoms with Crippen molar-refractivity contribution in [3.8, 4) is 0 Å². The number of methoxy groups -OCH3 is 1. The number of carboxylic acid groups (broad SMARTS) is 1. The van der Waals surface area contributed by atoms with Gasteiger partial charge in [-0.25, -0.2) is 14.5 Å². The molecule has 0 radical (unpaired) electrons. The van der Waals surface area contributed by atoms with E-state index in [1.807, 2.05) is 91.0 Å². The summed E-state index contributed by atoms with van der Waals surface area (Å²) in [5, 5.41) is 37.4. The first-order chi connectivity index (χ1) is 29.4. The molecule has 2 aliphatic heterocycles. The predicted molar refractivity (Wildman–Crippen MR) is 237 cm³/mol. The minimum atomic E-state index is -1.24. The average Bonchev–Trinajstić information content (AvgIpc) is 3.92. The van der Waals surface area contributed by atoms with Gasteiger partial charge >= 0.3 is 5.97 Å². The van der Waals surface area contributed by atoms with Crippen LogP contribution in [0.25, 0.3) is 0 Å². The van der Waals surface area contributed by atoms with Gasteiger partial charge in [0.1, 0.15) is 28.3 Å². The van der Waals surface area contributed by atoms with Crippen molar-refractivity contribution in [3.63, 3.8) is 0 Å². The summed E-state index contributed by atoms with van der Waals surface area (Å²) in [6, 6.07) is 29.0. The Kier molecular flexibility index (Phi) is 15.0. The smallest absolute Gasteiger partial charge is 0.352 e. The number of thioether (sulfide) groups is 2. The predicted octanol–water partition coefficient (Wildman–Crippen LogP) is 5.32. The number of amides is 2. The van der Waals surface area contributed by atoms with Crippen LogP contribution >= 0.6 is 34.9 Å². The van der Waals surface area contributed by atoms with Gasteiger partial charge in [0.2, 0.25) is 10.9 Å². The number of nitrogens with one attached hydrogen (secondary N) is 3. The molecule has 16 nitrogen and oxygen atoms in total. The van der Waals surface area contributed by atoms with Gasteiger partial charge in [-0.1, -0.05) is 122 Å². The highest BCUT2D eigenvalue weighted by molar-refractivity contribution is 8.01. The number of hydrogen-bond donors (Lipinski definition) is 4. The van der Waals surface area contributed by atoms with Crippen LogP contribution in [0, 0.1) is 0 Å². The number of tetrazole rings is 1. The largest absolute Gasteiger partial charge is 0.477 e. The van der Waals surface area contributed by atoms with Crippen molar-refractivity contribution >= 4 is 63.5 Å². The van der Waals surface area contributed by atoms with E-state index in [1.54, 1.807) is 26.3 Å². The molecule has 4 N–H and O–H groups in total. The number of anilines is 1. The van der Waals surface area contributed by atoms with E-state index in [0.717, 1.165) is 29.8 Å². The maximum Gasteiger partial charge on any atom is 0.352 e. The number of oxime groups is 1. The molecule has 0 aliphatic carbocycles. The van der Waals surface area contributed by atoms with Crippen LogP contribution in [-0.4, -0.2) is 108 Å². The van der Waals surface area contributed by atoms with Gasteiger partial charge in [0.25, 0.3) is 11.8 Å². The molecule has 0 bridgehead atoms. The average molecular weight is 885 g/mol. The Hall–Kier alpha value is -5.60. The van der Waals surface area contributed by atoms with Crippen molar-refractivity contribution in [1.82, 2.24) is 40.7 Å². The molecule has 0 saturated carbocycles. The van der Waals surface area contributed by atoms with E-state index >= 15 is 0 Å². The zero-order valence-corrected chi connectivity index (χ0v) is 37.0. The molecule has 19 heteroatoms. The summed E-state index contributed by atoms with van der Waals surface area (Å²) in [4.78, 5) is 51.9. The molecule has 1 fully saturated rings. The standard InChI is InChI=1S/C38H37N9O6S3.C4H11N/c1-37(2,52-4)53-43-28(31(48)40-29-32(49)47-30(34(50)51)23(20-54-33(29)47)21-56-36-42-44-45-46(36)3)27-22-55-35(39-27)41-38(24-14-8-5-9-15-24,25-16-10-6-11-17-25)26-18-12-7-13-19-26;1-3-5-4-2/h5-19,22,29,33H,20-21H2,1-4H3,(H,39,41)(H,40,48)(H,50,51);5H,3-4H2,1-2H3/t29?,33-;/m1./s1. The summed E-state index contributed by atoms with van der Waals surface area (Å²) in [7, 11) is 3.13. The number of aromatic nitrogens is 5. The summed E-state index contributed by atoms with van der Waals surface area (Å²) in [5.74, 6) is -3.15. The van der Waals surface area contributed by atoms with Crippen LogP contribution in [0.5, 0.6) is 0 Å². The molecule has 2 aliphatic rings. The van der Waals surface area contributed by atoms with Crippen LogP contribution in [0.3, 0.4) is 0 Å². The normalized spacial score (nSPS) is 16.5. The summed E-state index contributed by atoms with van der Waals surface area (Å²) >= 11 is 3.89. The highest BCUT2D eigenvalue weighted by Gasteiger charge is 2.54. The SMILES string of the molecule is CCNCC.COC(C)(C)ON=C(C(=O)NC1C(=O)N2C(C(=O)O)=C(CSc3nnnn3C)CS[C@H]12)c1csc(NC(c2ccccc2)(c2ccccc2)c2ccccc2)n1. The van der Waals surface area contributed by atoms with Crippen molar-refractivity contribution in [3.05, 3.63) is 130 Å². The lowest BCUT2D eigenvalue weighted by molar-refractivity contribution is -0.197. The number of rotatable bonds is 17. The van der Waals surface area contributed by atoms with Crippen LogP contribution in [0.1, 0.15) is 50.1 Å². The van der Waals surface area contributed by atoms with E-state index in [9.17, 15) is 19.5 Å². The van der Waals surface area contributed by atoms with E-state index in [4.69, 9.17) is 14.6 Å². The topological polar surface area (TPSA) is 198 Å². The third-order valence-electron chi connectivity index (χ3n) is 9.72. The van der Waals surface area contributed by atoms with Crippen LogP contribution in [0.2, 0.25) is 0 Å². The number of hydrogen-bond acceptors (Lipinski definition) is 15. The maximum atomic E-state index is 14.1. The van der Waals surface area contributed by atoms with Crippen molar-refractivity contribution in [1.29, 1.82) is 0 Å². The first kappa shape index (κ1) is 44.9. The van der Waals surface area contributed by atoms with E-state index < -0.39 is 40.5 Å². The number of ether oxygens (including phenoxy) is 1. The van der Waals surface area contributed by atoms with Gasteiger partial charge in [0, 0.05) is 44.9 Å². The van der Waals surface area contributed by atoms with Gasteiger partial charge in [-0.05, 0) is 45.8 Å². The van der Waals surface area contributed by atoms with Gasteiger partial charge in [-0.15, -0.1) is 28.2 Å². The fourth-order valence-electron chi connectivity index (χ4n) is 6.53. The van der Waals surface area contributed by atoms with E-state index in [1.165, 1.54) is 51.6 Å². The number of carbonyl (C=O) groups excluding carboxylic acids is 2. The first-order valence-electron chi connectivity index (χ1n) is 19.4. The second-order valence-electron chi connectivity index (χ2n) is 14.1. The molecular formula is C42H48N10O6S3. The number of thiazole rings is 1. The first-order valence-corrected chi connectivity index (χ1v) is 22.3. The Morgan fingerprint density at radius 2 is 1.56 bits per heavy atom. The van der Waals surface area contributed by atoms with Crippen molar-refractivity contribution < 1.29 is 29.1 Å². The van der Waals surface area contributed by atoms with Crippen LogP contribution < -0.4 is 16.0 Å². The molecule has 2 aromatic heterocycles. The van der Waals surface area contributed by atoms with Gasteiger partial charge in [0.05, 0.1) is 0 Å². The summed E-state index contributed by atoms with van der Waals surface area (Å²) in [6.07, 6.45) is 0. The second-order valence-corrected chi connectivity index (χ2v) is 17.0. The quantitative estimate of drug-likeness (QED) is 0.0234. The number of carboxylic acids is 1. The Bertz CT molecular complexity index is 2240. The van der Waals surface area contributed by atoms with Gasteiger partial charge in [-0.3, -0.25) is 14.5 Å². The number of fused-ring (bicyclic) bond motifs is 1. The number of nitrogens with zero attached hydrogens (tertiary/aromatic N) is 7. The Balaban J connectivity index is 0.00000118. The zero-order chi connectivity index (χ0) is 43.6. The number of aliphatic carboxylic acids is 1. The summed E-state index contributed by atoms with van der Waals surface area (Å²) in [6.45, 7) is 9.66. The van der Waals surface area contributed by atoms with Crippen molar-refractivity contribution in [2.24, 2.45) is 12.2 Å². The van der Waals surface area contributed by atoms with E-state index in [0.29, 0.717) is 21.6 Å². The van der Waals surface area contributed by atoms with Crippen molar-refractivity contribution in [2.45, 2.75) is 55.6 Å². The number of β-lactam (4-membered cyclic amide) rings is 1. The Labute approximate surface area is 366 Å². The monoisotopic (exact) mass is 884 g/mol. The van der Waals surface area contributed by atoms with Gasteiger partial charge < -0.3 is 30.6 Å². The molecule has 4 heterocycles. The minimum Gasteiger partial charge on any atom is -0.477 e. The minimum absolute atomic E-state index is 0.111. The van der Waals surface area contributed by atoms with Crippen LogP contribution in [-0.2, 0) is 36.5 Å². The third kappa shape index (κ3) is 10.1. The molecule has 1 saturated heterocycles. The number of carbonyl (C=O) groups is 3. The molecule has 320 valence electrons. The molecule has 1 unspecified atom stereocenters. The maximum absolute atomic E-state index is 14.1. The lowest BCUT2D eigenvalue weighted by atomic mass is 9.77. The number of benzene rings is 3. The molecule has 61 heavy (non-hydrogen) atoms. The van der Waals surface area contributed by atoms with Crippen LogP contribution in [0.15, 0.2) is 118 Å². The summed E-state index contributed by atoms with van der Waals surface area (Å²) < 4.78 is 6.87. The number of aryl methyl sites for hydroxylation is 1. The molecule has 7 rings (SSSR count). The van der Waals surface area contributed by atoms with E-state index in [-0.39, 0.29) is 22.9 Å². The van der Waals surface area contributed by atoms with Gasteiger partial charge in [0.15, 0.2) is 10.8 Å². The van der Waals surface area contributed by atoms with Gasteiger partial charge in [-0.2, -0.15) is 0 Å². The Morgan fingerprint density at radius 1 is 0.967 bits per heavy atom. The van der Waals surface area contributed by atoms with Crippen molar-refractivity contribution in [2.75, 3.05) is 37.0 Å². The van der Waals surface area contributed by atoms with E-state index in [2.05, 4.69) is 50.5 Å². The summed E-state index contributed by atoms with van der Waals surface area (Å²) in [5.41, 5.74) is 2.43. The zero-order valence-electron chi connectivity index (χ0n) is 34.6. The molecule has 3 aromatic carbocycles. The van der Waals surface area contributed by atoms with Crippen LogP contribution in [0.4, 0.5) is 5.13 Å². The lowest BCUT2D eigenvalue weighted by Gasteiger charge is -2.49.